The molecule has 94 valence electrons. The maximum atomic E-state index is 12.3. The second kappa shape index (κ2) is 5.12. The highest BCUT2D eigenvalue weighted by atomic mass is 16.1. The summed E-state index contributed by atoms with van der Waals surface area (Å²) in [5, 5.41) is 4.18. The van der Waals surface area contributed by atoms with Crippen LogP contribution < -0.4 is 0 Å². The summed E-state index contributed by atoms with van der Waals surface area (Å²) in [6.07, 6.45) is 4.43. The Kier molecular flexibility index (Phi) is 3.55. The van der Waals surface area contributed by atoms with Crippen molar-refractivity contribution in [1.82, 2.24) is 14.8 Å². The van der Waals surface area contributed by atoms with E-state index in [0.717, 1.165) is 24.4 Å². The van der Waals surface area contributed by atoms with Gasteiger partial charge in [-0.05, 0) is 32.4 Å². The van der Waals surface area contributed by atoms with Crippen LogP contribution in [-0.4, -0.2) is 20.5 Å². The fourth-order valence-corrected chi connectivity index (χ4v) is 1.96. The first-order chi connectivity index (χ1) is 8.60. The number of hydrogen-bond acceptors (Lipinski definition) is 3. The summed E-state index contributed by atoms with van der Waals surface area (Å²) >= 11 is 0. The van der Waals surface area contributed by atoms with E-state index in [4.69, 9.17) is 0 Å². The van der Waals surface area contributed by atoms with Gasteiger partial charge in [-0.25, -0.2) is 0 Å². The average molecular weight is 243 g/mol. The van der Waals surface area contributed by atoms with Gasteiger partial charge in [0, 0.05) is 29.7 Å². The molecule has 0 radical (unpaired) electrons. The zero-order valence-corrected chi connectivity index (χ0v) is 11.0. The Morgan fingerprint density at radius 2 is 1.89 bits per heavy atom. The van der Waals surface area contributed by atoms with Gasteiger partial charge in [-0.15, -0.1) is 0 Å². The van der Waals surface area contributed by atoms with Crippen LogP contribution in [0.25, 0.3) is 0 Å². The van der Waals surface area contributed by atoms with Crippen molar-refractivity contribution in [2.75, 3.05) is 0 Å². The van der Waals surface area contributed by atoms with Gasteiger partial charge in [0.2, 0.25) is 0 Å². The van der Waals surface area contributed by atoms with Crippen LogP contribution in [0.3, 0.4) is 0 Å². The zero-order chi connectivity index (χ0) is 13.1. The van der Waals surface area contributed by atoms with E-state index in [9.17, 15) is 4.79 Å². The molecule has 0 spiro atoms. The first kappa shape index (κ1) is 12.5. The van der Waals surface area contributed by atoms with E-state index in [1.807, 2.05) is 26.0 Å². The van der Waals surface area contributed by atoms with Gasteiger partial charge in [-0.2, -0.15) is 5.10 Å². The summed E-state index contributed by atoms with van der Waals surface area (Å²) in [4.78, 5) is 16.6. The molecule has 2 aromatic heterocycles. The van der Waals surface area contributed by atoms with Crippen molar-refractivity contribution in [2.24, 2.45) is 0 Å². The second-order valence-electron chi connectivity index (χ2n) is 4.46. The standard InChI is InChI=1S/C14H17N3O/c1-4-5-17-9-13(8-15-17)14(18)12-6-10(2)16-11(3)7-12/h6-9H,4-5H2,1-3H3. The lowest BCUT2D eigenvalue weighted by atomic mass is 10.1. The van der Waals surface area contributed by atoms with Gasteiger partial charge < -0.3 is 0 Å². The maximum absolute atomic E-state index is 12.3. The van der Waals surface area contributed by atoms with Crippen LogP contribution in [0.1, 0.15) is 40.7 Å². The van der Waals surface area contributed by atoms with Crippen molar-refractivity contribution in [1.29, 1.82) is 0 Å². The Morgan fingerprint density at radius 3 is 2.50 bits per heavy atom. The van der Waals surface area contributed by atoms with Gasteiger partial charge in [-0.1, -0.05) is 6.92 Å². The topological polar surface area (TPSA) is 47.8 Å². The summed E-state index contributed by atoms with van der Waals surface area (Å²) in [6.45, 7) is 6.70. The number of rotatable bonds is 4. The minimum Gasteiger partial charge on any atom is -0.288 e. The molecule has 0 unspecified atom stereocenters. The summed E-state index contributed by atoms with van der Waals surface area (Å²) in [5.74, 6) is 0.00551. The molecule has 0 aliphatic carbocycles. The molecule has 0 N–H and O–H groups in total. The number of nitrogens with zero attached hydrogens (tertiary/aromatic N) is 3. The molecule has 0 fully saturated rings. The molecular formula is C14H17N3O. The molecule has 18 heavy (non-hydrogen) atoms. The summed E-state index contributed by atoms with van der Waals surface area (Å²) in [5.41, 5.74) is 3.03. The number of pyridine rings is 1. The molecule has 2 aromatic rings. The molecule has 0 aliphatic heterocycles. The van der Waals surface area contributed by atoms with Crippen LogP contribution in [0.5, 0.6) is 0 Å². The smallest absolute Gasteiger partial charge is 0.196 e. The van der Waals surface area contributed by atoms with Crippen LogP contribution >= 0.6 is 0 Å². The van der Waals surface area contributed by atoms with Crippen molar-refractivity contribution in [3.8, 4) is 0 Å². The number of carbonyl (C=O) groups excluding carboxylic acids is 1. The molecule has 4 heteroatoms. The van der Waals surface area contributed by atoms with E-state index in [0.29, 0.717) is 11.1 Å². The van der Waals surface area contributed by atoms with E-state index >= 15 is 0 Å². The third-order valence-corrected chi connectivity index (χ3v) is 2.69. The molecule has 0 amide bonds. The molecule has 0 bridgehead atoms. The van der Waals surface area contributed by atoms with E-state index in [1.165, 1.54) is 0 Å². The van der Waals surface area contributed by atoms with Gasteiger partial charge in [0.25, 0.3) is 0 Å². The number of hydrogen-bond donors (Lipinski definition) is 0. The maximum Gasteiger partial charge on any atom is 0.196 e. The van der Waals surface area contributed by atoms with Gasteiger partial charge in [0.1, 0.15) is 0 Å². The lowest BCUT2D eigenvalue weighted by molar-refractivity contribution is 0.103. The highest BCUT2D eigenvalue weighted by molar-refractivity contribution is 6.08. The average Bonchev–Trinajstić information content (AvgIpc) is 2.76. The van der Waals surface area contributed by atoms with Crippen LogP contribution in [0.4, 0.5) is 0 Å². The van der Waals surface area contributed by atoms with Crippen molar-refractivity contribution in [3.05, 3.63) is 47.0 Å². The van der Waals surface area contributed by atoms with Crippen LogP contribution in [0, 0.1) is 13.8 Å². The van der Waals surface area contributed by atoms with Crippen LogP contribution in [-0.2, 0) is 6.54 Å². The first-order valence-corrected chi connectivity index (χ1v) is 6.12. The predicted molar refractivity (Wildman–Crippen MR) is 69.7 cm³/mol. The Labute approximate surface area is 107 Å². The molecule has 0 saturated heterocycles. The molecule has 4 nitrogen and oxygen atoms in total. The third kappa shape index (κ3) is 2.64. The van der Waals surface area contributed by atoms with E-state index < -0.39 is 0 Å². The number of aromatic nitrogens is 3. The fourth-order valence-electron chi connectivity index (χ4n) is 1.96. The Morgan fingerprint density at radius 1 is 1.22 bits per heavy atom. The van der Waals surface area contributed by atoms with E-state index in [-0.39, 0.29) is 5.78 Å². The number of ketones is 1. The van der Waals surface area contributed by atoms with Crippen LogP contribution in [0.2, 0.25) is 0 Å². The SMILES string of the molecule is CCCn1cc(C(=O)c2cc(C)nc(C)c2)cn1. The normalized spacial score (nSPS) is 10.6. The van der Waals surface area contributed by atoms with Crippen LogP contribution in [0.15, 0.2) is 24.5 Å². The van der Waals surface area contributed by atoms with Crippen molar-refractivity contribution in [2.45, 2.75) is 33.7 Å². The second-order valence-corrected chi connectivity index (χ2v) is 4.46. The Hall–Kier alpha value is -1.97. The number of aryl methyl sites for hydroxylation is 3. The number of carbonyl (C=O) groups is 1. The Balaban J connectivity index is 2.29. The lowest BCUT2D eigenvalue weighted by Crippen LogP contribution is -2.03. The molecule has 2 rings (SSSR count). The minimum absolute atomic E-state index is 0.00551. The third-order valence-electron chi connectivity index (χ3n) is 2.69. The Bertz CT molecular complexity index is 552. The summed E-state index contributed by atoms with van der Waals surface area (Å²) in [7, 11) is 0. The molecule has 0 saturated carbocycles. The van der Waals surface area contributed by atoms with Gasteiger partial charge in [0.15, 0.2) is 5.78 Å². The molecule has 0 aliphatic rings. The summed E-state index contributed by atoms with van der Waals surface area (Å²) in [6, 6.07) is 3.62. The van der Waals surface area contributed by atoms with Crippen molar-refractivity contribution < 1.29 is 4.79 Å². The molecule has 2 heterocycles. The quantitative estimate of drug-likeness (QED) is 0.775. The van der Waals surface area contributed by atoms with Crippen molar-refractivity contribution in [3.63, 3.8) is 0 Å². The fraction of sp³-hybridized carbons (Fsp3) is 0.357. The lowest BCUT2D eigenvalue weighted by Gasteiger charge is -2.01. The first-order valence-electron chi connectivity index (χ1n) is 6.12. The van der Waals surface area contributed by atoms with Gasteiger partial charge >= 0.3 is 0 Å². The zero-order valence-electron chi connectivity index (χ0n) is 11.0. The minimum atomic E-state index is 0.00551. The predicted octanol–water partition coefficient (Wildman–Crippen LogP) is 2.54. The van der Waals surface area contributed by atoms with Crippen molar-refractivity contribution >= 4 is 5.78 Å². The van der Waals surface area contributed by atoms with E-state index in [1.54, 1.807) is 17.1 Å². The largest absolute Gasteiger partial charge is 0.288 e. The summed E-state index contributed by atoms with van der Waals surface area (Å²) < 4.78 is 1.80. The molecular weight excluding hydrogens is 226 g/mol. The molecule has 0 atom stereocenters. The van der Waals surface area contributed by atoms with Gasteiger partial charge in [0.05, 0.1) is 11.8 Å². The van der Waals surface area contributed by atoms with Gasteiger partial charge in [-0.3, -0.25) is 14.5 Å². The molecule has 0 aromatic carbocycles. The highest BCUT2D eigenvalue weighted by Crippen LogP contribution is 2.11. The monoisotopic (exact) mass is 243 g/mol. The highest BCUT2D eigenvalue weighted by Gasteiger charge is 2.12. The van der Waals surface area contributed by atoms with E-state index in [2.05, 4.69) is 17.0 Å².